The molecule has 0 saturated heterocycles. The third kappa shape index (κ3) is 6.26. The highest BCUT2D eigenvalue weighted by Gasteiger charge is 2.20. The number of phenolic OH excluding ortho intramolecular Hbond substituents is 2. The minimum atomic E-state index is -1.29. The number of phenols is 2. The van der Waals surface area contributed by atoms with Gasteiger partial charge >= 0.3 is 23.9 Å². The lowest BCUT2D eigenvalue weighted by Gasteiger charge is -2.23. The monoisotopic (exact) mass is 448 g/mol. The van der Waals surface area contributed by atoms with Crippen molar-refractivity contribution < 1.29 is 49.8 Å². The van der Waals surface area contributed by atoms with Crippen LogP contribution in [0.3, 0.4) is 0 Å². The number of benzene rings is 2. The maximum Gasteiger partial charge on any atom is 0.323 e. The van der Waals surface area contributed by atoms with Crippen LogP contribution in [0.2, 0.25) is 0 Å². The Morgan fingerprint density at radius 2 is 0.844 bits per heavy atom. The van der Waals surface area contributed by atoms with E-state index in [2.05, 4.69) is 0 Å². The molecule has 0 bridgehead atoms. The van der Waals surface area contributed by atoms with Gasteiger partial charge in [-0.3, -0.25) is 19.2 Å². The normalized spacial score (nSPS) is 10.4. The third-order valence-corrected chi connectivity index (χ3v) is 4.27. The summed E-state index contributed by atoms with van der Waals surface area (Å²) in [6.07, 6.45) is 0. The molecule has 0 radical (unpaired) electrons. The highest BCUT2D eigenvalue weighted by atomic mass is 16.4. The summed E-state index contributed by atoms with van der Waals surface area (Å²) in [6, 6.07) is 8.06. The lowest BCUT2D eigenvalue weighted by atomic mass is 10.0. The van der Waals surface area contributed by atoms with Crippen molar-refractivity contribution in [1.82, 2.24) is 0 Å². The van der Waals surface area contributed by atoms with Gasteiger partial charge in [-0.05, 0) is 35.4 Å². The maximum atomic E-state index is 11.0. The molecular formula is C20H20N2O10. The molecule has 32 heavy (non-hydrogen) atoms. The molecule has 12 nitrogen and oxygen atoms in total. The van der Waals surface area contributed by atoms with Gasteiger partial charge < -0.3 is 40.4 Å². The second-order valence-corrected chi connectivity index (χ2v) is 6.69. The number of hydrogen-bond donors (Lipinski definition) is 6. The van der Waals surface area contributed by atoms with Crippen molar-refractivity contribution in [2.24, 2.45) is 0 Å². The largest absolute Gasteiger partial charge is 0.506 e. The van der Waals surface area contributed by atoms with E-state index in [0.29, 0.717) is 11.1 Å². The second kappa shape index (κ2) is 10.0. The fraction of sp³-hybridized carbons (Fsp3) is 0.200. The van der Waals surface area contributed by atoms with Crippen molar-refractivity contribution in [3.63, 3.8) is 0 Å². The number of nitrogens with zero attached hydrogens (tertiary/aromatic N) is 2. The highest BCUT2D eigenvalue weighted by Crippen LogP contribution is 2.36. The predicted octanol–water partition coefficient (Wildman–Crippen LogP) is 0.716. The number of aromatic hydroxyl groups is 2. The van der Waals surface area contributed by atoms with Gasteiger partial charge in [0.05, 0.1) is 11.4 Å². The molecule has 0 amide bonds. The smallest absolute Gasteiger partial charge is 0.323 e. The van der Waals surface area contributed by atoms with E-state index >= 15 is 0 Å². The van der Waals surface area contributed by atoms with Crippen LogP contribution < -0.4 is 9.80 Å². The van der Waals surface area contributed by atoms with Gasteiger partial charge in [0.1, 0.15) is 37.7 Å². The van der Waals surface area contributed by atoms with Crippen molar-refractivity contribution in [2.75, 3.05) is 36.0 Å². The SMILES string of the molecule is O=C(O)CN(CC(=O)O)c1ccc(-c2ccc(N(CC(=O)O)CC(=O)O)c(O)c2)cc1O. The summed E-state index contributed by atoms with van der Waals surface area (Å²) in [4.78, 5) is 45.9. The third-order valence-electron chi connectivity index (χ3n) is 4.27. The molecule has 0 heterocycles. The van der Waals surface area contributed by atoms with Crippen LogP contribution in [0.15, 0.2) is 36.4 Å². The van der Waals surface area contributed by atoms with E-state index in [-0.39, 0.29) is 11.4 Å². The Kier molecular flexibility index (Phi) is 7.45. The van der Waals surface area contributed by atoms with E-state index in [4.69, 9.17) is 20.4 Å². The van der Waals surface area contributed by atoms with Crippen LogP contribution in [0.25, 0.3) is 11.1 Å². The Bertz CT molecular complexity index is 937. The summed E-state index contributed by atoms with van der Waals surface area (Å²) >= 11 is 0. The van der Waals surface area contributed by atoms with E-state index in [0.717, 1.165) is 9.80 Å². The van der Waals surface area contributed by atoms with Crippen molar-refractivity contribution in [3.05, 3.63) is 36.4 Å². The van der Waals surface area contributed by atoms with Gasteiger partial charge in [-0.25, -0.2) is 0 Å². The van der Waals surface area contributed by atoms with Crippen molar-refractivity contribution >= 4 is 35.3 Å². The van der Waals surface area contributed by atoms with E-state index in [9.17, 15) is 29.4 Å². The standard InChI is InChI=1S/C20H20N2O10/c23-15-5-11(1-3-13(15)21(7-17(25)26)8-18(27)28)12-2-4-14(16(24)6-12)22(9-19(29)30)10-20(31)32/h1-6,23-24H,7-10H2,(H,25,26)(H,27,28)(H,29,30)(H,31,32). The van der Waals surface area contributed by atoms with Gasteiger partial charge in [-0.15, -0.1) is 0 Å². The predicted molar refractivity (Wildman–Crippen MR) is 110 cm³/mol. The van der Waals surface area contributed by atoms with Crippen LogP contribution in [-0.4, -0.2) is 80.7 Å². The second-order valence-electron chi connectivity index (χ2n) is 6.69. The summed E-state index contributed by atoms with van der Waals surface area (Å²) < 4.78 is 0. The molecule has 6 N–H and O–H groups in total. The zero-order valence-corrected chi connectivity index (χ0v) is 16.5. The van der Waals surface area contributed by atoms with Crippen LogP contribution in [0, 0.1) is 0 Å². The Morgan fingerprint density at radius 3 is 1.06 bits per heavy atom. The van der Waals surface area contributed by atoms with E-state index in [1.54, 1.807) is 0 Å². The lowest BCUT2D eigenvalue weighted by molar-refractivity contribution is -0.138. The van der Waals surface area contributed by atoms with Gasteiger partial charge in [0.2, 0.25) is 0 Å². The fourth-order valence-corrected chi connectivity index (χ4v) is 3.05. The van der Waals surface area contributed by atoms with Crippen LogP contribution in [-0.2, 0) is 19.2 Å². The fourth-order valence-electron chi connectivity index (χ4n) is 3.05. The highest BCUT2D eigenvalue weighted by molar-refractivity contribution is 5.84. The lowest BCUT2D eigenvalue weighted by Crippen LogP contribution is -2.34. The Labute approximate surface area is 180 Å². The average molecular weight is 448 g/mol. The van der Waals surface area contributed by atoms with Crippen molar-refractivity contribution in [1.29, 1.82) is 0 Å². The number of carboxylic acids is 4. The number of carbonyl (C=O) groups is 4. The molecule has 0 aromatic heterocycles. The zero-order valence-electron chi connectivity index (χ0n) is 16.5. The first kappa shape index (κ1) is 23.8. The molecule has 0 saturated carbocycles. The molecule has 0 aliphatic heterocycles. The number of aliphatic carboxylic acids is 4. The number of carboxylic acid groups (broad SMARTS) is 4. The number of hydrogen-bond acceptors (Lipinski definition) is 8. The Hall–Kier alpha value is -4.48. The van der Waals surface area contributed by atoms with Gasteiger partial charge in [-0.2, -0.15) is 0 Å². The average Bonchev–Trinajstić information content (AvgIpc) is 2.65. The molecule has 0 aliphatic rings. The van der Waals surface area contributed by atoms with Gasteiger partial charge in [0.25, 0.3) is 0 Å². The number of rotatable bonds is 11. The van der Waals surface area contributed by atoms with Crippen LogP contribution in [0.4, 0.5) is 11.4 Å². The van der Waals surface area contributed by atoms with E-state index in [1.807, 2.05) is 0 Å². The first-order chi connectivity index (χ1) is 15.0. The molecule has 0 spiro atoms. The van der Waals surface area contributed by atoms with E-state index < -0.39 is 61.6 Å². The van der Waals surface area contributed by atoms with Crippen molar-refractivity contribution in [2.45, 2.75) is 0 Å². The minimum Gasteiger partial charge on any atom is -0.506 e. The number of anilines is 2. The molecule has 2 aromatic carbocycles. The first-order valence-electron chi connectivity index (χ1n) is 9.01. The molecule has 0 unspecified atom stereocenters. The first-order valence-corrected chi connectivity index (χ1v) is 9.01. The Balaban J connectivity index is 2.37. The summed E-state index contributed by atoms with van der Waals surface area (Å²) in [5, 5.41) is 56.5. The molecule has 2 aromatic rings. The summed E-state index contributed by atoms with van der Waals surface area (Å²) in [5.41, 5.74) is 0.713. The summed E-state index contributed by atoms with van der Waals surface area (Å²) in [6.45, 7) is -2.62. The zero-order chi connectivity index (χ0) is 24.0. The molecule has 0 atom stereocenters. The molecule has 12 heteroatoms. The van der Waals surface area contributed by atoms with Crippen LogP contribution in [0.5, 0.6) is 11.5 Å². The van der Waals surface area contributed by atoms with Crippen LogP contribution in [0.1, 0.15) is 0 Å². The molecule has 2 rings (SSSR count). The molecular weight excluding hydrogens is 428 g/mol. The topological polar surface area (TPSA) is 196 Å². The van der Waals surface area contributed by atoms with Gasteiger partial charge in [-0.1, -0.05) is 12.1 Å². The maximum absolute atomic E-state index is 11.0. The summed E-state index contributed by atoms with van der Waals surface area (Å²) in [7, 11) is 0. The van der Waals surface area contributed by atoms with Gasteiger partial charge in [0, 0.05) is 0 Å². The molecule has 0 fully saturated rings. The molecule has 0 aliphatic carbocycles. The molecule has 170 valence electrons. The summed E-state index contributed by atoms with van der Waals surface area (Å²) in [5.74, 6) is -5.95. The Morgan fingerprint density at radius 1 is 0.562 bits per heavy atom. The minimum absolute atomic E-state index is 0.0199. The van der Waals surface area contributed by atoms with Crippen LogP contribution >= 0.6 is 0 Å². The quantitative estimate of drug-likeness (QED) is 0.282. The van der Waals surface area contributed by atoms with E-state index in [1.165, 1.54) is 36.4 Å². The van der Waals surface area contributed by atoms with Crippen molar-refractivity contribution in [3.8, 4) is 22.6 Å². The van der Waals surface area contributed by atoms with Gasteiger partial charge in [0.15, 0.2) is 0 Å².